The van der Waals surface area contributed by atoms with Gasteiger partial charge in [-0.25, -0.2) is 9.48 Å². The zero-order chi connectivity index (χ0) is 27.9. The standard InChI is InChI=1S/C28H36ClN5O4/c1-7-8-15-33(27(36)30-21-14-13-19(37-5)16-23(21)38-6)18-26(35)31-25-17-24(28(2,3)4)32-34(25)22-12-10-9-11-20(22)29/h9-14,16-17H,7-8,15,18H2,1-6H3,(H,30,36)(H,31,35). The van der Waals surface area contributed by atoms with Crippen LogP contribution in [-0.4, -0.2) is 53.9 Å². The zero-order valence-corrected chi connectivity index (χ0v) is 23.6. The molecule has 9 nitrogen and oxygen atoms in total. The Bertz CT molecular complexity index is 1270. The second-order valence-corrected chi connectivity index (χ2v) is 10.3. The first-order valence-electron chi connectivity index (χ1n) is 12.5. The summed E-state index contributed by atoms with van der Waals surface area (Å²) in [6.07, 6.45) is 1.61. The van der Waals surface area contributed by atoms with Crippen molar-refractivity contribution in [3.8, 4) is 17.2 Å². The number of carbonyl (C=O) groups is 2. The number of rotatable bonds is 10. The van der Waals surface area contributed by atoms with Crippen LogP contribution in [0.5, 0.6) is 11.5 Å². The number of amides is 3. The van der Waals surface area contributed by atoms with Gasteiger partial charge < -0.3 is 25.0 Å². The number of aromatic nitrogens is 2. The SMILES string of the molecule is CCCCN(CC(=O)Nc1cc(C(C)(C)C)nn1-c1ccccc1Cl)C(=O)Nc1ccc(OC)cc1OC. The summed E-state index contributed by atoms with van der Waals surface area (Å²) in [6.45, 7) is 8.42. The third kappa shape index (κ3) is 7.19. The van der Waals surface area contributed by atoms with Gasteiger partial charge >= 0.3 is 6.03 Å². The van der Waals surface area contributed by atoms with Crippen LogP contribution >= 0.6 is 11.6 Å². The summed E-state index contributed by atoms with van der Waals surface area (Å²) < 4.78 is 12.2. The number of nitrogens with zero attached hydrogens (tertiary/aromatic N) is 3. The van der Waals surface area contributed by atoms with Crippen molar-refractivity contribution in [1.82, 2.24) is 14.7 Å². The van der Waals surface area contributed by atoms with Gasteiger partial charge in [0.15, 0.2) is 0 Å². The van der Waals surface area contributed by atoms with Crippen LogP contribution in [0.3, 0.4) is 0 Å². The van der Waals surface area contributed by atoms with Gasteiger partial charge in [-0.2, -0.15) is 5.10 Å². The van der Waals surface area contributed by atoms with Crippen molar-refractivity contribution in [1.29, 1.82) is 0 Å². The molecular weight excluding hydrogens is 506 g/mol. The minimum atomic E-state index is -0.410. The Hall–Kier alpha value is -3.72. The summed E-state index contributed by atoms with van der Waals surface area (Å²) in [5, 5.41) is 11.0. The van der Waals surface area contributed by atoms with Crippen LogP contribution in [0.1, 0.15) is 46.2 Å². The lowest BCUT2D eigenvalue weighted by Gasteiger charge is -2.23. The van der Waals surface area contributed by atoms with Crippen LogP contribution in [-0.2, 0) is 10.2 Å². The number of nitrogens with one attached hydrogen (secondary N) is 2. The topological polar surface area (TPSA) is 97.7 Å². The number of ether oxygens (including phenoxy) is 2. The van der Waals surface area contributed by atoms with Crippen molar-refractivity contribution in [2.24, 2.45) is 0 Å². The highest BCUT2D eigenvalue weighted by Crippen LogP contribution is 2.30. The number of urea groups is 1. The molecule has 0 aliphatic rings. The van der Waals surface area contributed by atoms with Crippen LogP contribution in [0.25, 0.3) is 5.69 Å². The molecule has 0 atom stereocenters. The molecule has 204 valence electrons. The quantitative estimate of drug-likeness (QED) is 0.322. The number of benzene rings is 2. The number of methoxy groups -OCH3 is 2. The number of para-hydroxylation sites is 1. The molecule has 0 aliphatic carbocycles. The van der Waals surface area contributed by atoms with Gasteiger partial charge in [-0.1, -0.05) is 57.8 Å². The summed E-state index contributed by atoms with van der Waals surface area (Å²) >= 11 is 6.44. The van der Waals surface area contributed by atoms with Gasteiger partial charge in [0.05, 0.1) is 36.3 Å². The molecule has 2 N–H and O–H groups in total. The summed E-state index contributed by atoms with van der Waals surface area (Å²) in [4.78, 5) is 27.9. The second kappa shape index (κ2) is 12.7. The van der Waals surface area contributed by atoms with Crippen molar-refractivity contribution in [2.45, 2.75) is 46.0 Å². The molecule has 0 bridgehead atoms. The predicted octanol–water partition coefficient (Wildman–Crippen LogP) is 6.11. The monoisotopic (exact) mass is 541 g/mol. The fourth-order valence-electron chi connectivity index (χ4n) is 3.70. The van der Waals surface area contributed by atoms with E-state index in [1.807, 2.05) is 52.0 Å². The van der Waals surface area contributed by atoms with Gasteiger partial charge in [-0.05, 0) is 30.7 Å². The summed E-state index contributed by atoms with van der Waals surface area (Å²) in [5.74, 6) is 1.18. The van der Waals surface area contributed by atoms with E-state index in [9.17, 15) is 9.59 Å². The van der Waals surface area contributed by atoms with Crippen LogP contribution in [0.4, 0.5) is 16.3 Å². The number of unbranched alkanes of at least 4 members (excludes halogenated alkanes) is 1. The lowest BCUT2D eigenvalue weighted by molar-refractivity contribution is -0.116. The Morgan fingerprint density at radius 1 is 1.05 bits per heavy atom. The lowest BCUT2D eigenvalue weighted by atomic mass is 9.92. The zero-order valence-electron chi connectivity index (χ0n) is 22.8. The van der Waals surface area contributed by atoms with Crippen LogP contribution in [0, 0.1) is 0 Å². The molecule has 2 aromatic carbocycles. The highest BCUT2D eigenvalue weighted by Gasteiger charge is 2.24. The Balaban J connectivity index is 1.83. The Kier molecular flexibility index (Phi) is 9.63. The molecule has 0 saturated heterocycles. The summed E-state index contributed by atoms with van der Waals surface area (Å²) in [7, 11) is 3.07. The van der Waals surface area contributed by atoms with Crippen molar-refractivity contribution in [2.75, 3.05) is 37.9 Å². The molecule has 1 aromatic heterocycles. The fourth-order valence-corrected chi connectivity index (χ4v) is 3.91. The molecular formula is C28H36ClN5O4. The second-order valence-electron chi connectivity index (χ2n) is 9.85. The van der Waals surface area contributed by atoms with Crippen molar-refractivity contribution in [3.05, 3.63) is 59.2 Å². The van der Waals surface area contributed by atoms with Crippen LogP contribution in [0.15, 0.2) is 48.5 Å². The van der Waals surface area contributed by atoms with Gasteiger partial charge in [0, 0.05) is 24.1 Å². The molecule has 38 heavy (non-hydrogen) atoms. The molecule has 3 aromatic rings. The van der Waals surface area contributed by atoms with Gasteiger partial charge in [-0.15, -0.1) is 0 Å². The molecule has 0 fully saturated rings. The van der Waals surface area contributed by atoms with Gasteiger partial charge in [0.25, 0.3) is 0 Å². The molecule has 0 spiro atoms. The third-order valence-electron chi connectivity index (χ3n) is 5.88. The van der Waals surface area contributed by atoms with E-state index >= 15 is 0 Å². The average molecular weight is 542 g/mol. The van der Waals surface area contributed by atoms with Crippen LogP contribution < -0.4 is 20.1 Å². The minimum absolute atomic E-state index is 0.150. The fraction of sp³-hybridized carbons (Fsp3) is 0.393. The van der Waals surface area contributed by atoms with Crippen molar-refractivity contribution in [3.63, 3.8) is 0 Å². The van der Waals surface area contributed by atoms with Crippen molar-refractivity contribution < 1.29 is 19.1 Å². The molecule has 0 aliphatic heterocycles. The molecule has 0 radical (unpaired) electrons. The van der Waals surface area contributed by atoms with Gasteiger partial charge in [0.1, 0.15) is 23.9 Å². The molecule has 3 amide bonds. The maximum atomic E-state index is 13.2. The summed E-state index contributed by atoms with van der Waals surface area (Å²) in [5.41, 5.74) is 1.66. The first kappa shape index (κ1) is 28.8. The molecule has 0 saturated carbocycles. The third-order valence-corrected chi connectivity index (χ3v) is 6.20. The van der Waals surface area contributed by atoms with Crippen molar-refractivity contribution >= 4 is 35.0 Å². The van der Waals surface area contributed by atoms with E-state index in [1.54, 1.807) is 36.1 Å². The Labute approximate surface area is 229 Å². The highest BCUT2D eigenvalue weighted by atomic mass is 35.5. The van der Waals surface area contributed by atoms with E-state index in [0.29, 0.717) is 40.3 Å². The smallest absolute Gasteiger partial charge is 0.322 e. The minimum Gasteiger partial charge on any atom is -0.497 e. The first-order valence-corrected chi connectivity index (χ1v) is 12.9. The van der Waals surface area contributed by atoms with E-state index < -0.39 is 6.03 Å². The van der Waals surface area contributed by atoms with E-state index in [4.69, 9.17) is 26.2 Å². The molecule has 1 heterocycles. The largest absolute Gasteiger partial charge is 0.497 e. The van der Waals surface area contributed by atoms with E-state index in [-0.39, 0.29) is 17.9 Å². The van der Waals surface area contributed by atoms with E-state index in [2.05, 4.69) is 10.6 Å². The average Bonchev–Trinajstić information content (AvgIpc) is 3.30. The molecule has 3 rings (SSSR count). The number of carbonyl (C=O) groups excluding carboxylic acids is 2. The van der Waals surface area contributed by atoms with Gasteiger partial charge in [0.2, 0.25) is 5.91 Å². The highest BCUT2D eigenvalue weighted by molar-refractivity contribution is 6.32. The normalized spacial score (nSPS) is 11.1. The number of hydrogen-bond acceptors (Lipinski definition) is 5. The Morgan fingerprint density at radius 2 is 1.79 bits per heavy atom. The molecule has 0 unspecified atom stereocenters. The summed E-state index contributed by atoms with van der Waals surface area (Å²) in [6, 6.07) is 13.8. The first-order chi connectivity index (χ1) is 18.1. The number of anilines is 2. The maximum Gasteiger partial charge on any atom is 0.322 e. The van der Waals surface area contributed by atoms with Gasteiger partial charge in [-0.3, -0.25) is 4.79 Å². The molecule has 10 heteroatoms. The lowest BCUT2D eigenvalue weighted by Crippen LogP contribution is -2.41. The van der Waals surface area contributed by atoms with E-state index in [1.165, 1.54) is 12.0 Å². The predicted molar refractivity (Wildman–Crippen MR) is 151 cm³/mol. The Morgan fingerprint density at radius 3 is 2.42 bits per heavy atom. The maximum absolute atomic E-state index is 13.2. The van der Waals surface area contributed by atoms with Crippen LogP contribution in [0.2, 0.25) is 5.02 Å². The van der Waals surface area contributed by atoms with E-state index in [0.717, 1.165) is 18.5 Å². The number of hydrogen-bond donors (Lipinski definition) is 2. The number of halogens is 1.